The lowest BCUT2D eigenvalue weighted by Gasteiger charge is -2.45. The van der Waals surface area contributed by atoms with Crippen LogP contribution in [0.4, 0.5) is 18.0 Å². The van der Waals surface area contributed by atoms with Crippen molar-refractivity contribution in [2.75, 3.05) is 19.6 Å². The molecule has 1 aromatic rings. The normalized spacial score (nSPS) is 20.2. The second kappa shape index (κ2) is 5.55. The van der Waals surface area contributed by atoms with Gasteiger partial charge in [-0.3, -0.25) is 4.79 Å². The van der Waals surface area contributed by atoms with Gasteiger partial charge in [0.05, 0.1) is 19.6 Å². The van der Waals surface area contributed by atoms with Crippen molar-refractivity contribution in [3.05, 3.63) is 29.8 Å². The van der Waals surface area contributed by atoms with Gasteiger partial charge in [-0.2, -0.15) is 0 Å². The number of alkyl halides is 3. The van der Waals surface area contributed by atoms with E-state index in [1.807, 2.05) is 0 Å². The molecule has 0 bridgehead atoms. The molecule has 2 amide bonds. The number of likely N-dealkylation sites (tertiary alicyclic amines) is 1. The van der Waals surface area contributed by atoms with E-state index in [4.69, 9.17) is 4.74 Å². The monoisotopic (exact) mass is 346 g/mol. The minimum Gasteiger partial charge on any atom is -0.437 e. The summed E-state index contributed by atoms with van der Waals surface area (Å²) < 4.78 is 45.5. The number of carbonyl (C=O) groups excluding carboxylic acids is 2. The largest absolute Gasteiger partial charge is 0.573 e. The molecule has 0 aromatic heterocycles. The Bertz CT molecular complexity index is 673. The third-order valence-corrected chi connectivity index (χ3v) is 3.78. The smallest absolute Gasteiger partial charge is 0.437 e. The van der Waals surface area contributed by atoms with Crippen LogP contribution in [0.3, 0.4) is 0 Å². The van der Waals surface area contributed by atoms with Gasteiger partial charge in [0.2, 0.25) is 0 Å². The first-order chi connectivity index (χ1) is 11.2. The minimum atomic E-state index is -4.86. The van der Waals surface area contributed by atoms with Crippen LogP contribution in [0.5, 0.6) is 5.75 Å². The van der Waals surface area contributed by atoms with Gasteiger partial charge in [0.25, 0.3) is 5.91 Å². The lowest BCUT2D eigenvalue weighted by atomic mass is 9.93. The molecular weight excluding hydrogens is 333 g/mol. The minimum absolute atomic E-state index is 0.0239. The fourth-order valence-electron chi connectivity index (χ4n) is 2.68. The second-order valence-corrected chi connectivity index (χ2v) is 5.64. The highest BCUT2D eigenvalue weighted by Gasteiger charge is 2.53. The topological polar surface area (TPSA) is 88.1 Å². The van der Waals surface area contributed by atoms with Gasteiger partial charge in [0.15, 0.2) is 11.7 Å². The lowest BCUT2D eigenvalue weighted by molar-refractivity contribution is -0.274. The second-order valence-electron chi connectivity index (χ2n) is 5.64. The van der Waals surface area contributed by atoms with Crippen LogP contribution >= 0.6 is 0 Å². The lowest BCUT2D eigenvalue weighted by Crippen LogP contribution is -2.66. The van der Waals surface area contributed by atoms with Crippen molar-refractivity contribution in [2.24, 2.45) is 0 Å². The number of hydrogen-bond donors (Lipinski definition) is 2. The number of rotatable bonds is 3. The summed E-state index contributed by atoms with van der Waals surface area (Å²) in [6, 6.07) is 4.57. The maximum absolute atomic E-state index is 12.2. The van der Waals surface area contributed by atoms with Crippen molar-refractivity contribution in [2.45, 2.75) is 18.1 Å². The molecule has 7 nitrogen and oxygen atoms in total. The fraction of sp³-hybridized carbons (Fsp3) is 0.429. The zero-order valence-corrected chi connectivity index (χ0v) is 12.2. The van der Waals surface area contributed by atoms with E-state index in [-0.39, 0.29) is 25.2 Å². The van der Waals surface area contributed by atoms with Gasteiger partial charge >= 0.3 is 12.5 Å². The molecule has 1 spiro atoms. The highest BCUT2D eigenvalue weighted by Crippen LogP contribution is 2.32. The van der Waals surface area contributed by atoms with E-state index < -0.39 is 35.8 Å². The van der Waals surface area contributed by atoms with E-state index in [1.54, 1.807) is 0 Å². The van der Waals surface area contributed by atoms with E-state index in [0.717, 1.165) is 12.1 Å². The van der Waals surface area contributed by atoms with Crippen LogP contribution in [-0.2, 0) is 9.53 Å². The fourth-order valence-corrected chi connectivity index (χ4v) is 2.68. The van der Waals surface area contributed by atoms with Crippen LogP contribution in [0.1, 0.15) is 11.7 Å². The number of benzene rings is 1. The number of carbonyl (C=O) groups is 2. The summed E-state index contributed by atoms with van der Waals surface area (Å²) in [5, 5.41) is 12.6. The standard InChI is InChI=1S/C14H13F3N2O5/c15-14(16,17)23-9-3-1-2-8(4-9)10(20)11(21)19-6-13(7-19)5-18-12(22)24-13/h1-4,10,20H,5-7H2,(H,18,22). The summed E-state index contributed by atoms with van der Waals surface area (Å²) in [7, 11) is 0. The maximum Gasteiger partial charge on any atom is 0.573 e. The van der Waals surface area contributed by atoms with Gasteiger partial charge in [-0.1, -0.05) is 12.1 Å². The zero-order chi connectivity index (χ0) is 17.5. The van der Waals surface area contributed by atoms with Crippen molar-refractivity contribution in [1.82, 2.24) is 10.2 Å². The molecular formula is C14H13F3N2O5. The van der Waals surface area contributed by atoms with Crippen molar-refractivity contribution in [3.63, 3.8) is 0 Å². The van der Waals surface area contributed by atoms with E-state index in [1.165, 1.54) is 17.0 Å². The Morgan fingerprint density at radius 2 is 2.12 bits per heavy atom. The van der Waals surface area contributed by atoms with Crippen LogP contribution in [0.2, 0.25) is 0 Å². The third-order valence-electron chi connectivity index (χ3n) is 3.78. The zero-order valence-electron chi connectivity index (χ0n) is 12.2. The molecule has 2 aliphatic rings. The van der Waals surface area contributed by atoms with Gasteiger partial charge in [0, 0.05) is 0 Å². The molecule has 1 unspecified atom stereocenters. The van der Waals surface area contributed by atoms with Crippen molar-refractivity contribution in [3.8, 4) is 5.75 Å². The number of nitrogens with zero attached hydrogens (tertiary/aromatic N) is 1. The number of halogens is 3. The summed E-state index contributed by atoms with van der Waals surface area (Å²) in [5.41, 5.74) is -0.808. The number of alkyl carbamates (subject to hydrolysis) is 1. The third kappa shape index (κ3) is 3.23. The van der Waals surface area contributed by atoms with Gasteiger partial charge < -0.3 is 24.8 Å². The molecule has 3 rings (SSSR count). The molecule has 2 aliphatic heterocycles. The van der Waals surface area contributed by atoms with E-state index in [0.29, 0.717) is 0 Å². The molecule has 0 saturated carbocycles. The van der Waals surface area contributed by atoms with Crippen LogP contribution in [0.25, 0.3) is 0 Å². The number of amides is 2. The Hall–Kier alpha value is -2.49. The first kappa shape index (κ1) is 16.4. The Morgan fingerprint density at radius 3 is 2.71 bits per heavy atom. The predicted molar refractivity (Wildman–Crippen MR) is 71.9 cm³/mol. The van der Waals surface area contributed by atoms with E-state index in [2.05, 4.69) is 10.1 Å². The molecule has 10 heteroatoms. The first-order valence-corrected chi connectivity index (χ1v) is 6.97. The number of ether oxygens (including phenoxy) is 2. The molecule has 0 aliphatic carbocycles. The Morgan fingerprint density at radius 1 is 1.42 bits per heavy atom. The highest BCUT2D eigenvalue weighted by molar-refractivity contribution is 5.83. The number of hydrogen-bond acceptors (Lipinski definition) is 5. The number of aliphatic hydroxyl groups is 1. The van der Waals surface area contributed by atoms with Gasteiger partial charge in [0.1, 0.15) is 5.75 Å². The van der Waals surface area contributed by atoms with Crippen LogP contribution < -0.4 is 10.1 Å². The molecule has 130 valence electrons. The quantitative estimate of drug-likeness (QED) is 0.850. The average Bonchev–Trinajstić information content (AvgIpc) is 2.85. The van der Waals surface area contributed by atoms with Gasteiger partial charge in [-0.25, -0.2) is 4.79 Å². The van der Waals surface area contributed by atoms with Gasteiger partial charge in [-0.15, -0.1) is 13.2 Å². The molecule has 2 N–H and O–H groups in total. The molecule has 24 heavy (non-hydrogen) atoms. The van der Waals surface area contributed by atoms with Crippen LogP contribution in [0.15, 0.2) is 24.3 Å². The van der Waals surface area contributed by atoms with E-state index >= 15 is 0 Å². The molecule has 0 radical (unpaired) electrons. The molecule has 2 fully saturated rings. The average molecular weight is 346 g/mol. The van der Waals surface area contributed by atoms with Crippen molar-refractivity contribution >= 4 is 12.0 Å². The molecule has 2 saturated heterocycles. The van der Waals surface area contributed by atoms with Crippen molar-refractivity contribution < 1.29 is 37.3 Å². The SMILES string of the molecule is O=C1NCC2(CN(C(=O)C(O)c3cccc(OC(F)(F)F)c3)C2)O1. The van der Waals surface area contributed by atoms with Crippen LogP contribution in [-0.4, -0.2) is 53.6 Å². The maximum atomic E-state index is 12.2. The Labute approximate surface area is 133 Å². The highest BCUT2D eigenvalue weighted by atomic mass is 19.4. The summed E-state index contributed by atoms with van der Waals surface area (Å²) in [4.78, 5) is 24.5. The summed E-state index contributed by atoms with van der Waals surface area (Å²) in [6.45, 7) is 0.487. The Kier molecular flexibility index (Phi) is 3.78. The summed E-state index contributed by atoms with van der Waals surface area (Å²) in [5.74, 6) is -1.21. The summed E-state index contributed by atoms with van der Waals surface area (Å²) >= 11 is 0. The molecule has 1 aromatic carbocycles. The molecule has 2 heterocycles. The molecule has 1 atom stereocenters. The summed E-state index contributed by atoms with van der Waals surface area (Å²) in [6.07, 6.45) is -7.07. The first-order valence-electron chi connectivity index (χ1n) is 6.97. The van der Waals surface area contributed by atoms with E-state index in [9.17, 15) is 27.9 Å². The Balaban J connectivity index is 1.64. The number of aliphatic hydroxyl groups excluding tert-OH is 1. The predicted octanol–water partition coefficient (Wildman–Crippen LogP) is 0.939. The van der Waals surface area contributed by atoms with Crippen molar-refractivity contribution in [1.29, 1.82) is 0 Å². The van der Waals surface area contributed by atoms with Crippen LogP contribution in [0, 0.1) is 0 Å². The number of nitrogens with one attached hydrogen (secondary N) is 1. The van der Waals surface area contributed by atoms with Gasteiger partial charge in [-0.05, 0) is 17.7 Å².